The zero-order valence-electron chi connectivity index (χ0n) is 8.38. The lowest BCUT2D eigenvalue weighted by Crippen LogP contribution is -2.17. The Balaban J connectivity index is 2.59. The summed E-state index contributed by atoms with van der Waals surface area (Å²) in [5.41, 5.74) is 0.655. The molecule has 0 atom stereocenters. The standard InChI is InChI=1S/C12H9NO3/c14-9-6-7-13-11(10(9)12(15)16)8-4-2-1-3-5-8/h1-5,7H,6H2,(H,15,16). The lowest BCUT2D eigenvalue weighted by Gasteiger charge is -2.10. The second-order valence-electron chi connectivity index (χ2n) is 3.33. The van der Waals surface area contributed by atoms with E-state index < -0.39 is 11.8 Å². The van der Waals surface area contributed by atoms with Gasteiger partial charge in [0.1, 0.15) is 5.57 Å². The highest BCUT2D eigenvalue weighted by Gasteiger charge is 2.25. The van der Waals surface area contributed by atoms with Gasteiger partial charge in [-0.3, -0.25) is 9.79 Å². The minimum absolute atomic E-state index is 0.0535. The number of benzene rings is 1. The molecule has 0 radical (unpaired) electrons. The summed E-state index contributed by atoms with van der Waals surface area (Å²) in [6.45, 7) is 0. The van der Waals surface area contributed by atoms with Crippen LogP contribution in [-0.2, 0) is 9.59 Å². The van der Waals surface area contributed by atoms with Gasteiger partial charge in [0, 0.05) is 18.2 Å². The highest BCUT2D eigenvalue weighted by molar-refractivity contribution is 6.26. The van der Waals surface area contributed by atoms with E-state index >= 15 is 0 Å². The Morgan fingerprint density at radius 3 is 2.56 bits per heavy atom. The fourth-order valence-corrected chi connectivity index (χ4v) is 1.55. The van der Waals surface area contributed by atoms with Crippen LogP contribution in [0.5, 0.6) is 0 Å². The van der Waals surface area contributed by atoms with E-state index in [1.807, 2.05) is 6.07 Å². The van der Waals surface area contributed by atoms with E-state index in [1.54, 1.807) is 24.3 Å². The monoisotopic (exact) mass is 215 g/mol. The predicted octanol–water partition coefficient (Wildman–Crippen LogP) is 1.53. The minimum Gasteiger partial charge on any atom is -0.477 e. The predicted molar refractivity (Wildman–Crippen MR) is 59.1 cm³/mol. The summed E-state index contributed by atoms with van der Waals surface area (Å²) >= 11 is 0. The van der Waals surface area contributed by atoms with Gasteiger partial charge in [-0.25, -0.2) is 4.79 Å². The minimum atomic E-state index is -1.22. The zero-order chi connectivity index (χ0) is 11.5. The van der Waals surface area contributed by atoms with Gasteiger partial charge in [0.05, 0.1) is 5.70 Å². The summed E-state index contributed by atoms with van der Waals surface area (Å²) in [4.78, 5) is 26.5. The van der Waals surface area contributed by atoms with Crippen molar-refractivity contribution in [1.29, 1.82) is 0 Å². The number of carboxylic acids is 1. The molecule has 4 nitrogen and oxygen atoms in total. The van der Waals surface area contributed by atoms with Gasteiger partial charge in [-0.2, -0.15) is 0 Å². The van der Waals surface area contributed by atoms with Crippen LogP contribution in [0.15, 0.2) is 40.9 Å². The van der Waals surface area contributed by atoms with Gasteiger partial charge in [-0.15, -0.1) is 0 Å². The molecule has 1 N–H and O–H groups in total. The van der Waals surface area contributed by atoms with Crippen LogP contribution in [0.4, 0.5) is 0 Å². The fourth-order valence-electron chi connectivity index (χ4n) is 1.55. The Hall–Kier alpha value is -2.23. The van der Waals surface area contributed by atoms with E-state index in [0.717, 1.165) is 0 Å². The molecule has 1 aliphatic rings. The second-order valence-corrected chi connectivity index (χ2v) is 3.33. The van der Waals surface area contributed by atoms with Crippen molar-refractivity contribution < 1.29 is 14.7 Å². The number of hydrogen-bond donors (Lipinski definition) is 1. The van der Waals surface area contributed by atoms with Gasteiger partial charge < -0.3 is 5.11 Å². The number of carbonyl (C=O) groups excluding carboxylic acids is 1. The van der Waals surface area contributed by atoms with E-state index in [4.69, 9.17) is 5.11 Å². The highest BCUT2D eigenvalue weighted by Crippen LogP contribution is 2.24. The van der Waals surface area contributed by atoms with Crippen molar-refractivity contribution >= 4 is 23.7 Å². The van der Waals surface area contributed by atoms with Crippen molar-refractivity contribution in [2.75, 3.05) is 0 Å². The molecular formula is C12H9NO3. The SMILES string of the molecule is O=C(O)C1=C(c2ccccc2)N=CCC1=O. The zero-order valence-corrected chi connectivity index (χ0v) is 8.38. The van der Waals surface area contributed by atoms with Gasteiger partial charge in [0.2, 0.25) is 0 Å². The maximum atomic E-state index is 11.5. The van der Waals surface area contributed by atoms with E-state index in [2.05, 4.69) is 4.99 Å². The topological polar surface area (TPSA) is 66.7 Å². The summed E-state index contributed by atoms with van der Waals surface area (Å²) in [6, 6.07) is 8.83. The molecule has 0 amide bonds. The second kappa shape index (κ2) is 4.10. The number of hydrogen-bond acceptors (Lipinski definition) is 3. The molecule has 4 heteroatoms. The third-order valence-corrected chi connectivity index (χ3v) is 2.27. The number of ketones is 1. The molecule has 0 saturated carbocycles. The molecule has 0 fully saturated rings. The van der Waals surface area contributed by atoms with Crippen LogP contribution in [0.2, 0.25) is 0 Å². The maximum Gasteiger partial charge on any atom is 0.341 e. The van der Waals surface area contributed by atoms with E-state index in [9.17, 15) is 9.59 Å². The first-order valence-electron chi connectivity index (χ1n) is 4.79. The summed E-state index contributed by atoms with van der Waals surface area (Å²) in [5.74, 6) is -1.62. The first kappa shape index (κ1) is 10.3. The summed E-state index contributed by atoms with van der Waals surface area (Å²) in [5, 5.41) is 8.99. The molecule has 0 unspecified atom stereocenters. The average molecular weight is 215 g/mol. The van der Waals surface area contributed by atoms with Gasteiger partial charge in [0.25, 0.3) is 0 Å². The van der Waals surface area contributed by atoms with Crippen molar-refractivity contribution in [3.8, 4) is 0 Å². The molecule has 1 aliphatic heterocycles. The molecular weight excluding hydrogens is 206 g/mol. The quantitative estimate of drug-likeness (QED) is 0.760. The lowest BCUT2D eigenvalue weighted by atomic mass is 10.00. The van der Waals surface area contributed by atoms with E-state index in [0.29, 0.717) is 5.56 Å². The normalized spacial score (nSPS) is 15.4. The number of Topliss-reactive ketones (excluding diaryl/α,β-unsaturated/α-hetero) is 1. The smallest absolute Gasteiger partial charge is 0.341 e. The number of rotatable bonds is 2. The Kier molecular flexibility index (Phi) is 2.64. The Bertz CT molecular complexity index is 500. The molecule has 1 aromatic rings. The van der Waals surface area contributed by atoms with Gasteiger partial charge >= 0.3 is 5.97 Å². The van der Waals surface area contributed by atoms with E-state index in [-0.39, 0.29) is 17.7 Å². The third-order valence-electron chi connectivity index (χ3n) is 2.27. The molecule has 0 bridgehead atoms. The first-order valence-corrected chi connectivity index (χ1v) is 4.79. The van der Waals surface area contributed by atoms with Gasteiger partial charge in [-0.05, 0) is 0 Å². The number of aliphatic imine (C=N–C) groups is 1. The molecule has 0 spiro atoms. The van der Waals surface area contributed by atoms with Crippen LogP contribution >= 0.6 is 0 Å². The molecule has 0 aromatic heterocycles. The molecule has 1 heterocycles. The largest absolute Gasteiger partial charge is 0.477 e. The van der Waals surface area contributed by atoms with Crippen LogP contribution in [0.25, 0.3) is 5.70 Å². The number of aliphatic carboxylic acids is 1. The van der Waals surface area contributed by atoms with Crippen LogP contribution < -0.4 is 0 Å². The Labute approximate surface area is 91.9 Å². The van der Waals surface area contributed by atoms with Crippen molar-refractivity contribution in [3.05, 3.63) is 41.5 Å². The summed E-state index contributed by atoms with van der Waals surface area (Å²) in [7, 11) is 0. The highest BCUT2D eigenvalue weighted by atomic mass is 16.4. The molecule has 1 aromatic carbocycles. The van der Waals surface area contributed by atoms with Crippen molar-refractivity contribution in [3.63, 3.8) is 0 Å². The molecule has 2 rings (SSSR count). The molecule has 80 valence electrons. The summed E-state index contributed by atoms with van der Waals surface area (Å²) in [6.07, 6.45) is 1.50. The van der Waals surface area contributed by atoms with Gasteiger partial charge in [0.15, 0.2) is 5.78 Å². The first-order chi connectivity index (χ1) is 7.70. The lowest BCUT2D eigenvalue weighted by molar-refractivity contribution is -0.134. The van der Waals surface area contributed by atoms with E-state index in [1.165, 1.54) is 6.21 Å². The van der Waals surface area contributed by atoms with Crippen molar-refractivity contribution in [1.82, 2.24) is 0 Å². The number of carbonyl (C=O) groups is 2. The molecule has 0 aliphatic carbocycles. The van der Waals surface area contributed by atoms with Crippen molar-refractivity contribution in [2.24, 2.45) is 4.99 Å². The van der Waals surface area contributed by atoms with Crippen LogP contribution in [-0.4, -0.2) is 23.1 Å². The average Bonchev–Trinajstić information content (AvgIpc) is 2.29. The molecule has 0 saturated heterocycles. The van der Waals surface area contributed by atoms with Crippen molar-refractivity contribution in [2.45, 2.75) is 6.42 Å². The Morgan fingerprint density at radius 2 is 1.94 bits per heavy atom. The summed E-state index contributed by atoms with van der Waals surface area (Å²) < 4.78 is 0. The van der Waals surface area contributed by atoms with Gasteiger partial charge in [-0.1, -0.05) is 30.3 Å². The number of carboxylic acid groups (broad SMARTS) is 1. The van der Waals surface area contributed by atoms with Crippen LogP contribution in [0.3, 0.4) is 0 Å². The fraction of sp³-hybridized carbons (Fsp3) is 0.0833. The van der Waals surface area contributed by atoms with Crippen LogP contribution in [0.1, 0.15) is 12.0 Å². The maximum absolute atomic E-state index is 11.5. The Morgan fingerprint density at radius 1 is 1.25 bits per heavy atom. The number of nitrogens with zero attached hydrogens (tertiary/aromatic N) is 1. The molecule has 16 heavy (non-hydrogen) atoms. The van der Waals surface area contributed by atoms with Crippen LogP contribution in [0, 0.1) is 0 Å². The third kappa shape index (κ3) is 1.77.